The highest BCUT2D eigenvalue weighted by atomic mass is 35.5. The number of alkyl halides is 3. The Morgan fingerprint density at radius 2 is 1.75 bits per heavy atom. The summed E-state index contributed by atoms with van der Waals surface area (Å²) in [6.45, 7) is 4.84. The van der Waals surface area contributed by atoms with Crippen LogP contribution in [0.4, 0.5) is 24.5 Å². The van der Waals surface area contributed by atoms with Gasteiger partial charge in [0.1, 0.15) is 0 Å². The highest BCUT2D eigenvalue weighted by molar-refractivity contribution is 7.92. The molecule has 0 aromatic heterocycles. The maximum atomic E-state index is 13.3. The van der Waals surface area contributed by atoms with Crippen molar-refractivity contribution in [2.24, 2.45) is 5.92 Å². The molecule has 0 fully saturated rings. The number of anilines is 2. The predicted octanol–water partition coefficient (Wildman–Crippen LogP) is 7.78. The Kier molecular flexibility index (Phi) is 7.67. The minimum Gasteiger partial charge on any atom is -0.490 e. The molecule has 0 spiro atoms. The minimum absolute atomic E-state index is 0.0474. The Bertz CT molecular complexity index is 1560. The second-order valence-corrected chi connectivity index (χ2v) is 11.7. The first-order valence-corrected chi connectivity index (χ1v) is 14.7. The van der Waals surface area contributed by atoms with Gasteiger partial charge in [0.15, 0.2) is 11.5 Å². The van der Waals surface area contributed by atoms with E-state index in [1.807, 2.05) is 32.0 Å². The number of sulfonamides is 1. The third-order valence-corrected chi connectivity index (χ3v) is 8.80. The maximum absolute atomic E-state index is 13.3. The summed E-state index contributed by atoms with van der Waals surface area (Å²) in [5, 5.41) is 3.06. The number of hydrogen-bond acceptors (Lipinski definition) is 5. The lowest BCUT2D eigenvalue weighted by molar-refractivity contribution is -0.137. The van der Waals surface area contributed by atoms with Gasteiger partial charge in [0, 0.05) is 17.3 Å². The summed E-state index contributed by atoms with van der Waals surface area (Å²) >= 11 is 5.68. The van der Waals surface area contributed by atoms with E-state index in [0.717, 1.165) is 29.3 Å². The Morgan fingerprint density at radius 3 is 2.48 bits per heavy atom. The van der Waals surface area contributed by atoms with E-state index < -0.39 is 26.8 Å². The van der Waals surface area contributed by atoms with Crippen molar-refractivity contribution in [3.8, 4) is 11.5 Å². The quantitative estimate of drug-likeness (QED) is 0.261. The predicted molar refractivity (Wildman–Crippen MR) is 149 cm³/mol. The zero-order chi connectivity index (χ0) is 28.7. The molecule has 1 aliphatic heterocycles. The number of halogens is 4. The molecule has 1 heterocycles. The van der Waals surface area contributed by atoms with Crippen LogP contribution >= 0.6 is 11.6 Å². The van der Waals surface area contributed by atoms with E-state index in [2.05, 4.69) is 22.2 Å². The molecule has 0 unspecified atom stereocenters. The standard InChI is InChI=1S/C29H28ClF3N2O4S/c1-3-38-26-13-8-17(14-27(26)39-4-2)28-21-7-5-6-20(21)22-16-19(10-12-25(22)34-28)40(36,37)35-18-9-11-24(30)23(15-18)29(31,32)33/h5-6,8-16,20-21,28,34-35H,3-4,7H2,1-2H3/t20-,21+,28+/m0/s1. The summed E-state index contributed by atoms with van der Waals surface area (Å²) < 4.78 is 80.0. The summed E-state index contributed by atoms with van der Waals surface area (Å²) in [6, 6.07) is 13.5. The van der Waals surface area contributed by atoms with E-state index in [1.165, 1.54) is 12.1 Å². The van der Waals surface area contributed by atoms with Crippen LogP contribution < -0.4 is 19.5 Å². The van der Waals surface area contributed by atoms with Crippen LogP contribution in [0.1, 0.15) is 48.9 Å². The van der Waals surface area contributed by atoms with E-state index in [9.17, 15) is 21.6 Å². The fourth-order valence-electron chi connectivity index (χ4n) is 5.35. The topological polar surface area (TPSA) is 76.7 Å². The Hall–Kier alpha value is -3.37. The van der Waals surface area contributed by atoms with Gasteiger partial charge in [0.2, 0.25) is 0 Å². The molecule has 6 nitrogen and oxygen atoms in total. The van der Waals surface area contributed by atoms with Crippen molar-refractivity contribution in [3.05, 3.63) is 88.5 Å². The van der Waals surface area contributed by atoms with Gasteiger partial charge in [-0.05, 0) is 85.8 Å². The Morgan fingerprint density at radius 1 is 1.00 bits per heavy atom. The van der Waals surface area contributed by atoms with Crippen LogP contribution in [0, 0.1) is 5.92 Å². The van der Waals surface area contributed by atoms with Crippen LogP contribution in [0.2, 0.25) is 5.02 Å². The highest BCUT2D eigenvalue weighted by Crippen LogP contribution is 2.51. The molecule has 3 aromatic carbocycles. The molecular formula is C29H28ClF3N2O4S. The normalized spacial score (nSPS) is 19.9. The van der Waals surface area contributed by atoms with Crippen LogP contribution in [0.3, 0.4) is 0 Å². The number of fused-ring (bicyclic) bond motifs is 3. The molecule has 0 radical (unpaired) electrons. The summed E-state index contributed by atoms with van der Waals surface area (Å²) in [6.07, 6.45) is 0.235. The van der Waals surface area contributed by atoms with Gasteiger partial charge in [-0.25, -0.2) is 8.42 Å². The van der Waals surface area contributed by atoms with Gasteiger partial charge < -0.3 is 14.8 Å². The summed E-state index contributed by atoms with van der Waals surface area (Å²) in [4.78, 5) is -0.0474. The molecule has 1 aliphatic carbocycles. The van der Waals surface area contributed by atoms with Crippen molar-refractivity contribution in [1.82, 2.24) is 0 Å². The summed E-state index contributed by atoms with van der Waals surface area (Å²) in [5.41, 5.74) is 1.27. The molecule has 0 saturated heterocycles. The average molecular weight is 593 g/mol. The molecule has 2 N–H and O–H groups in total. The van der Waals surface area contributed by atoms with Gasteiger partial charge in [0.05, 0.1) is 34.7 Å². The smallest absolute Gasteiger partial charge is 0.417 e. The summed E-state index contributed by atoms with van der Waals surface area (Å²) in [7, 11) is -4.18. The molecule has 3 aromatic rings. The molecular weight excluding hydrogens is 565 g/mol. The second-order valence-electron chi connectivity index (χ2n) is 9.59. The van der Waals surface area contributed by atoms with E-state index in [1.54, 1.807) is 12.1 Å². The van der Waals surface area contributed by atoms with Crippen molar-refractivity contribution >= 4 is 33.0 Å². The van der Waals surface area contributed by atoms with Gasteiger partial charge in [-0.15, -0.1) is 0 Å². The van der Waals surface area contributed by atoms with Crippen LogP contribution in [-0.2, 0) is 16.2 Å². The minimum atomic E-state index is -4.72. The van der Waals surface area contributed by atoms with Gasteiger partial charge in [-0.3, -0.25) is 4.72 Å². The molecule has 0 amide bonds. The molecule has 5 rings (SSSR count). The number of nitrogens with one attached hydrogen (secondary N) is 2. The number of allylic oxidation sites excluding steroid dienone is 2. The van der Waals surface area contributed by atoms with Crippen molar-refractivity contribution in [2.75, 3.05) is 23.3 Å². The third-order valence-electron chi connectivity index (χ3n) is 7.10. The fourth-order valence-corrected chi connectivity index (χ4v) is 6.66. The number of ether oxygens (including phenoxy) is 2. The highest BCUT2D eigenvalue weighted by Gasteiger charge is 2.39. The molecule has 40 heavy (non-hydrogen) atoms. The lowest BCUT2D eigenvalue weighted by Gasteiger charge is -2.38. The lowest BCUT2D eigenvalue weighted by atomic mass is 9.77. The van der Waals surface area contributed by atoms with Crippen LogP contribution in [0.5, 0.6) is 11.5 Å². The fraction of sp³-hybridized carbons (Fsp3) is 0.310. The first-order chi connectivity index (χ1) is 19.0. The molecule has 3 atom stereocenters. The Labute approximate surface area is 236 Å². The maximum Gasteiger partial charge on any atom is 0.417 e. The SMILES string of the molecule is CCOc1ccc([C@H]2Nc3ccc(S(=O)(=O)Nc4ccc(Cl)c(C(F)(F)F)c4)cc3[C@H]3C=CC[C@H]32)cc1OCC. The van der Waals surface area contributed by atoms with Crippen LogP contribution in [-0.4, -0.2) is 21.6 Å². The number of hydrogen-bond donors (Lipinski definition) is 2. The zero-order valence-corrected chi connectivity index (χ0v) is 23.3. The zero-order valence-electron chi connectivity index (χ0n) is 21.8. The van der Waals surface area contributed by atoms with E-state index in [0.29, 0.717) is 30.8 Å². The van der Waals surface area contributed by atoms with E-state index in [-0.39, 0.29) is 28.5 Å². The first-order valence-electron chi connectivity index (χ1n) is 12.9. The Balaban J connectivity index is 1.45. The molecule has 11 heteroatoms. The van der Waals surface area contributed by atoms with E-state index >= 15 is 0 Å². The molecule has 2 aliphatic rings. The number of benzene rings is 3. The van der Waals surface area contributed by atoms with Crippen molar-refractivity contribution in [2.45, 2.75) is 43.3 Å². The van der Waals surface area contributed by atoms with Gasteiger partial charge >= 0.3 is 6.18 Å². The van der Waals surface area contributed by atoms with Crippen molar-refractivity contribution in [1.29, 1.82) is 0 Å². The molecule has 0 bridgehead atoms. The van der Waals surface area contributed by atoms with Gasteiger partial charge in [-0.1, -0.05) is 29.8 Å². The van der Waals surface area contributed by atoms with Crippen LogP contribution in [0.15, 0.2) is 71.6 Å². The lowest BCUT2D eigenvalue weighted by Crippen LogP contribution is -2.29. The molecule has 0 saturated carbocycles. The largest absolute Gasteiger partial charge is 0.490 e. The van der Waals surface area contributed by atoms with Gasteiger partial charge in [0.25, 0.3) is 10.0 Å². The van der Waals surface area contributed by atoms with E-state index in [4.69, 9.17) is 21.1 Å². The van der Waals surface area contributed by atoms with Crippen molar-refractivity contribution in [3.63, 3.8) is 0 Å². The average Bonchev–Trinajstić information content (AvgIpc) is 3.40. The number of rotatable bonds is 8. The van der Waals surface area contributed by atoms with Crippen molar-refractivity contribution < 1.29 is 31.1 Å². The monoisotopic (exact) mass is 592 g/mol. The van der Waals surface area contributed by atoms with Crippen LogP contribution in [0.25, 0.3) is 0 Å². The second kappa shape index (κ2) is 10.9. The molecule has 212 valence electrons. The van der Waals surface area contributed by atoms with Gasteiger partial charge in [-0.2, -0.15) is 13.2 Å². The third kappa shape index (κ3) is 5.47. The first kappa shape index (κ1) is 28.2. The summed E-state index contributed by atoms with van der Waals surface area (Å²) in [5.74, 6) is 1.42.